The first-order valence-corrected chi connectivity index (χ1v) is 15.6. The van der Waals surface area contributed by atoms with Crippen molar-refractivity contribution in [3.8, 4) is 0 Å². The normalized spacial score (nSPS) is 11.0. The van der Waals surface area contributed by atoms with Gasteiger partial charge in [-0.3, -0.25) is 0 Å². The van der Waals surface area contributed by atoms with E-state index in [1.807, 2.05) is 0 Å². The summed E-state index contributed by atoms with van der Waals surface area (Å²) in [5, 5.41) is -0.326. The molecule has 0 amide bonds. The fourth-order valence-corrected chi connectivity index (χ4v) is 10.3. The van der Waals surface area contributed by atoms with Crippen molar-refractivity contribution in [2.24, 2.45) is 0 Å². The minimum atomic E-state index is -2.07. The second-order valence-corrected chi connectivity index (χ2v) is 14.0. The van der Waals surface area contributed by atoms with Gasteiger partial charge in [0.2, 0.25) is 0 Å². The molecule has 21 heavy (non-hydrogen) atoms. The van der Waals surface area contributed by atoms with Crippen molar-refractivity contribution in [3.05, 3.63) is 0 Å². The molecule has 0 saturated carbocycles. The number of rotatable bonds is 15. The molecular formula is C17H36O2SSn. The Bertz CT molecular complexity index is 221. The zero-order valence-corrected chi connectivity index (χ0v) is 18.4. The minimum absolute atomic E-state index is 0.326. The van der Waals surface area contributed by atoms with Crippen LogP contribution in [0.25, 0.3) is 0 Å². The Hall–Kier alpha value is 0.619. The number of carbonyl (C=O) groups is 1. The fraction of sp³-hybridized carbons (Fsp3) is 0.941. The molecule has 0 rings (SSSR count). The third-order valence-electron chi connectivity index (χ3n) is 4.03. The molecular weight excluding hydrogens is 387 g/mol. The van der Waals surface area contributed by atoms with E-state index in [1.54, 1.807) is 0 Å². The van der Waals surface area contributed by atoms with Crippen LogP contribution in [0.4, 0.5) is 4.79 Å². The Morgan fingerprint density at radius 3 is 1.52 bits per heavy atom. The molecule has 2 nitrogen and oxygen atoms in total. The molecule has 0 N–H and O–H groups in total. The van der Waals surface area contributed by atoms with Crippen molar-refractivity contribution in [1.29, 1.82) is 0 Å². The van der Waals surface area contributed by atoms with Crippen LogP contribution in [-0.2, 0) is 3.07 Å². The molecule has 0 aliphatic heterocycles. The SMILES string of the molecule is CCCCCCC[CH2][SnH]([CH2]CCCCCCC)[O]C(=O)S. The van der Waals surface area contributed by atoms with E-state index in [0.29, 0.717) is 0 Å². The molecule has 0 heterocycles. The van der Waals surface area contributed by atoms with Gasteiger partial charge in [0.15, 0.2) is 0 Å². The maximum absolute atomic E-state index is 11.1. The number of hydrogen-bond donors (Lipinski definition) is 1. The molecule has 0 aromatic carbocycles. The quantitative estimate of drug-likeness (QED) is 0.185. The van der Waals surface area contributed by atoms with Gasteiger partial charge in [0.1, 0.15) is 0 Å². The summed E-state index contributed by atoms with van der Waals surface area (Å²) in [6.07, 6.45) is 15.9. The summed E-state index contributed by atoms with van der Waals surface area (Å²) in [6, 6.07) is 0. The molecule has 0 aromatic heterocycles. The van der Waals surface area contributed by atoms with Gasteiger partial charge in [-0.15, -0.1) is 0 Å². The van der Waals surface area contributed by atoms with Crippen LogP contribution in [0.1, 0.15) is 90.9 Å². The van der Waals surface area contributed by atoms with Crippen LogP contribution in [0.3, 0.4) is 0 Å². The van der Waals surface area contributed by atoms with E-state index in [-0.39, 0.29) is 5.30 Å². The van der Waals surface area contributed by atoms with Gasteiger partial charge in [-0.1, -0.05) is 0 Å². The number of thiol groups is 1. The van der Waals surface area contributed by atoms with Gasteiger partial charge in [-0.2, -0.15) is 0 Å². The standard InChI is InChI=1S/2C8H17.CH2O2S.Sn.H/c2*1-3-5-7-8-6-4-2;2-1(3)4;;/h2*1,3-8H2,2H3;4H,(H,2,3);;/q;;;+1;/p-1. The predicted molar refractivity (Wildman–Crippen MR) is 99.0 cm³/mol. The molecule has 0 aliphatic carbocycles. The fourth-order valence-electron chi connectivity index (χ4n) is 2.71. The van der Waals surface area contributed by atoms with Crippen LogP contribution in [0, 0.1) is 0 Å². The Morgan fingerprint density at radius 1 is 0.762 bits per heavy atom. The number of unbranched alkanes of at least 4 members (excludes halogenated alkanes) is 10. The Balaban J connectivity index is 3.64. The van der Waals surface area contributed by atoms with Crippen LogP contribution in [0.5, 0.6) is 0 Å². The van der Waals surface area contributed by atoms with Gasteiger partial charge < -0.3 is 0 Å². The molecule has 0 unspecified atom stereocenters. The van der Waals surface area contributed by atoms with Crippen molar-refractivity contribution in [3.63, 3.8) is 0 Å². The van der Waals surface area contributed by atoms with Crippen LogP contribution in [0.15, 0.2) is 0 Å². The van der Waals surface area contributed by atoms with Crippen LogP contribution in [-0.4, -0.2) is 25.5 Å². The van der Waals surface area contributed by atoms with Crippen molar-refractivity contribution in [2.45, 2.75) is 99.8 Å². The summed E-state index contributed by atoms with van der Waals surface area (Å²) in [5.41, 5.74) is 0. The summed E-state index contributed by atoms with van der Waals surface area (Å²) in [5.74, 6) is 0. The first kappa shape index (κ1) is 21.6. The first-order chi connectivity index (χ1) is 10.2. The molecule has 0 radical (unpaired) electrons. The zero-order valence-electron chi connectivity index (χ0n) is 14.2. The molecule has 4 heteroatoms. The van der Waals surface area contributed by atoms with Crippen LogP contribution < -0.4 is 0 Å². The summed E-state index contributed by atoms with van der Waals surface area (Å²) in [6.45, 7) is 4.50. The van der Waals surface area contributed by atoms with Crippen LogP contribution >= 0.6 is 12.6 Å². The Kier molecular flexibility index (Phi) is 17.5. The average molecular weight is 423 g/mol. The average Bonchev–Trinajstić information content (AvgIpc) is 2.45. The molecule has 0 spiro atoms. The summed E-state index contributed by atoms with van der Waals surface area (Å²) < 4.78 is 7.98. The van der Waals surface area contributed by atoms with E-state index in [9.17, 15) is 4.79 Å². The number of carbonyl (C=O) groups excluding carboxylic acids is 1. The Morgan fingerprint density at radius 2 is 1.14 bits per heavy atom. The summed E-state index contributed by atoms with van der Waals surface area (Å²) in [7, 11) is 0. The molecule has 0 saturated heterocycles. The maximum atomic E-state index is 11.1. The van der Waals surface area contributed by atoms with Crippen molar-refractivity contribution < 1.29 is 7.87 Å². The van der Waals surface area contributed by atoms with Crippen molar-refractivity contribution in [2.75, 3.05) is 0 Å². The monoisotopic (exact) mass is 424 g/mol. The topological polar surface area (TPSA) is 26.3 Å². The molecule has 0 bridgehead atoms. The van der Waals surface area contributed by atoms with E-state index >= 15 is 0 Å². The molecule has 0 aromatic rings. The van der Waals surface area contributed by atoms with Crippen molar-refractivity contribution in [1.82, 2.24) is 0 Å². The van der Waals surface area contributed by atoms with Gasteiger partial charge in [0.25, 0.3) is 0 Å². The molecule has 0 aliphatic rings. The third-order valence-corrected chi connectivity index (χ3v) is 12.3. The van der Waals surface area contributed by atoms with Gasteiger partial charge in [-0.05, 0) is 0 Å². The molecule has 126 valence electrons. The van der Waals surface area contributed by atoms with E-state index < -0.39 is 20.2 Å². The zero-order chi connectivity index (χ0) is 15.8. The van der Waals surface area contributed by atoms with E-state index in [0.717, 1.165) is 0 Å². The third kappa shape index (κ3) is 16.8. The molecule has 0 atom stereocenters. The predicted octanol–water partition coefficient (Wildman–Crippen LogP) is 6.50. The second-order valence-electron chi connectivity index (χ2n) is 6.12. The van der Waals surface area contributed by atoms with Gasteiger partial charge in [0.05, 0.1) is 0 Å². The summed E-state index contributed by atoms with van der Waals surface area (Å²) >= 11 is 1.75. The Labute approximate surface area is 145 Å². The van der Waals surface area contributed by atoms with Gasteiger partial charge >= 0.3 is 146 Å². The van der Waals surface area contributed by atoms with Gasteiger partial charge in [0, 0.05) is 0 Å². The second kappa shape index (κ2) is 17.0. The molecule has 0 fully saturated rings. The van der Waals surface area contributed by atoms with Crippen LogP contribution in [0.2, 0.25) is 8.87 Å². The van der Waals surface area contributed by atoms with E-state index in [4.69, 9.17) is 3.07 Å². The summed E-state index contributed by atoms with van der Waals surface area (Å²) in [4.78, 5) is 11.1. The van der Waals surface area contributed by atoms with Crippen molar-refractivity contribution >= 4 is 38.1 Å². The van der Waals surface area contributed by atoms with E-state index in [2.05, 4.69) is 26.5 Å². The first-order valence-electron chi connectivity index (χ1n) is 9.10. The van der Waals surface area contributed by atoms with E-state index in [1.165, 1.54) is 85.9 Å². The number of hydrogen-bond acceptors (Lipinski definition) is 2. The van der Waals surface area contributed by atoms with Gasteiger partial charge in [-0.25, -0.2) is 0 Å².